The molecule has 1 aromatic carbocycles. The van der Waals surface area contributed by atoms with Crippen LogP contribution in [-0.2, 0) is 11.3 Å². The summed E-state index contributed by atoms with van der Waals surface area (Å²) in [6.45, 7) is 6.80. The van der Waals surface area contributed by atoms with Crippen LogP contribution in [0, 0.1) is 11.8 Å². The lowest BCUT2D eigenvalue weighted by Crippen LogP contribution is -2.42. The fourth-order valence-electron chi connectivity index (χ4n) is 4.10. The van der Waals surface area contributed by atoms with E-state index in [4.69, 9.17) is 4.42 Å². The Kier molecular flexibility index (Phi) is 7.33. The van der Waals surface area contributed by atoms with E-state index in [1.807, 2.05) is 22.8 Å². The zero-order chi connectivity index (χ0) is 23.2. The minimum Gasteiger partial charge on any atom is -0.467 e. The van der Waals surface area contributed by atoms with Gasteiger partial charge in [-0.1, -0.05) is 43.8 Å². The molecular weight excluding hydrogens is 440 g/mol. The predicted molar refractivity (Wildman–Crippen MR) is 126 cm³/mol. The van der Waals surface area contributed by atoms with E-state index in [2.05, 4.69) is 39.8 Å². The van der Waals surface area contributed by atoms with E-state index in [0.717, 1.165) is 24.8 Å². The molecular formula is C23H28N6O3S. The molecule has 2 atom stereocenters. The van der Waals surface area contributed by atoms with Crippen molar-refractivity contribution in [2.24, 2.45) is 11.8 Å². The van der Waals surface area contributed by atoms with Crippen LogP contribution < -0.4 is 15.8 Å². The van der Waals surface area contributed by atoms with Crippen molar-refractivity contribution in [3.8, 4) is 0 Å². The van der Waals surface area contributed by atoms with Crippen molar-refractivity contribution in [2.75, 3.05) is 23.7 Å². The summed E-state index contributed by atoms with van der Waals surface area (Å²) in [6.07, 6.45) is 2.83. The Balaban J connectivity index is 1.41. The summed E-state index contributed by atoms with van der Waals surface area (Å²) in [4.78, 5) is 26.7. The molecule has 4 rings (SSSR count). The maximum Gasteiger partial charge on any atom is 0.269 e. The Morgan fingerprint density at radius 1 is 1.06 bits per heavy atom. The molecule has 2 unspecified atom stereocenters. The minimum atomic E-state index is -0.370. The molecule has 10 heteroatoms. The summed E-state index contributed by atoms with van der Waals surface area (Å²) >= 11 is 1.27. The van der Waals surface area contributed by atoms with E-state index in [1.165, 1.54) is 18.2 Å². The first kappa shape index (κ1) is 22.9. The molecule has 3 aromatic rings. The van der Waals surface area contributed by atoms with Crippen LogP contribution >= 0.6 is 11.8 Å². The molecule has 1 saturated heterocycles. The molecule has 1 aliphatic heterocycles. The van der Waals surface area contributed by atoms with E-state index in [1.54, 1.807) is 30.5 Å². The Morgan fingerprint density at radius 2 is 1.82 bits per heavy atom. The van der Waals surface area contributed by atoms with Gasteiger partial charge in [-0.15, -0.1) is 10.2 Å². The molecule has 1 aliphatic rings. The normalized spacial score (nSPS) is 18.2. The second-order valence-electron chi connectivity index (χ2n) is 8.46. The van der Waals surface area contributed by atoms with Gasteiger partial charge in [-0.2, -0.15) is 0 Å². The summed E-state index contributed by atoms with van der Waals surface area (Å²) in [7, 11) is 0. The summed E-state index contributed by atoms with van der Waals surface area (Å²) in [6, 6.07) is 12.5. The van der Waals surface area contributed by atoms with Crippen molar-refractivity contribution in [1.29, 1.82) is 0 Å². The summed E-state index contributed by atoms with van der Waals surface area (Å²) in [5.74, 6) is 2.08. The number of thioether (sulfide) groups is 1. The first-order valence-electron chi connectivity index (χ1n) is 11.0. The number of amides is 2. The number of carbonyl (C=O) groups is 2. The lowest BCUT2D eigenvalue weighted by atomic mass is 9.92. The SMILES string of the molecule is CC1CC(C)CN(c2nnc(SCC(=O)NNC(=O)c3ccccc3)n2Cc2ccco2)C1. The van der Waals surface area contributed by atoms with E-state index in [-0.39, 0.29) is 17.6 Å². The number of nitrogens with one attached hydrogen (secondary N) is 2. The van der Waals surface area contributed by atoms with Gasteiger partial charge in [0, 0.05) is 18.7 Å². The second-order valence-corrected chi connectivity index (χ2v) is 9.40. The third kappa shape index (κ3) is 5.95. The molecule has 9 nitrogen and oxygen atoms in total. The molecule has 2 amide bonds. The van der Waals surface area contributed by atoms with Crippen molar-refractivity contribution < 1.29 is 14.0 Å². The van der Waals surface area contributed by atoms with E-state index < -0.39 is 0 Å². The third-order valence-corrected chi connectivity index (χ3v) is 6.39. The van der Waals surface area contributed by atoms with Gasteiger partial charge in [0.2, 0.25) is 11.9 Å². The number of carbonyl (C=O) groups excluding carboxylic acids is 2. The fraction of sp³-hybridized carbons (Fsp3) is 0.391. The molecule has 33 heavy (non-hydrogen) atoms. The molecule has 174 valence electrons. The zero-order valence-corrected chi connectivity index (χ0v) is 19.5. The smallest absolute Gasteiger partial charge is 0.269 e. The van der Waals surface area contributed by atoms with Gasteiger partial charge >= 0.3 is 0 Å². The molecule has 0 bridgehead atoms. The summed E-state index contributed by atoms with van der Waals surface area (Å²) in [5, 5.41) is 9.44. The van der Waals surface area contributed by atoms with Gasteiger partial charge in [-0.05, 0) is 42.5 Å². The van der Waals surface area contributed by atoms with Crippen LogP contribution in [-0.4, -0.2) is 45.4 Å². The first-order chi connectivity index (χ1) is 16.0. The lowest BCUT2D eigenvalue weighted by molar-refractivity contribution is -0.119. The van der Waals surface area contributed by atoms with Crippen LogP contribution in [0.3, 0.4) is 0 Å². The number of furan rings is 1. The highest BCUT2D eigenvalue weighted by atomic mass is 32.2. The molecule has 2 aromatic heterocycles. The predicted octanol–water partition coefficient (Wildman–Crippen LogP) is 2.96. The number of piperidine rings is 1. The lowest BCUT2D eigenvalue weighted by Gasteiger charge is -2.35. The number of hydrogen-bond donors (Lipinski definition) is 2. The molecule has 1 fully saturated rings. The van der Waals surface area contributed by atoms with Crippen molar-refractivity contribution in [3.63, 3.8) is 0 Å². The zero-order valence-electron chi connectivity index (χ0n) is 18.7. The highest BCUT2D eigenvalue weighted by molar-refractivity contribution is 7.99. The maximum absolute atomic E-state index is 12.3. The standard InChI is InChI=1S/C23H28N6O3S/c1-16-11-17(2)13-28(12-16)22-26-27-23(29(22)14-19-9-6-10-32-19)33-15-20(30)24-25-21(31)18-7-4-3-5-8-18/h3-10,16-17H,11-15H2,1-2H3,(H,24,30)(H,25,31). The van der Waals surface area contributed by atoms with Crippen LogP contribution in [0.2, 0.25) is 0 Å². The average Bonchev–Trinajstić information content (AvgIpc) is 3.46. The number of hydrazine groups is 1. The minimum absolute atomic E-state index is 0.0815. The van der Waals surface area contributed by atoms with Gasteiger partial charge in [-0.25, -0.2) is 0 Å². The molecule has 2 N–H and O–H groups in total. The van der Waals surface area contributed by atoms with Crippen LogP contribution in [0.1, 0.15) is 36.4 Å². The van der Waals surface area contributed by atoms with E-state index >= 15 is 0 Å². The highest BCUT2D eigenvalue weighted by Crippen LogP contribution is 2.29. The number of rotatable bonds is 7. The summed E-state index contributed by atoms with van der Waals surface area (Å²) in [5.41, 5.74) is 5.36. The van der Waals surface area contributed by atoms with Crippen molar-refractivity contribution >= 4 is 29.5 Å². The Morgan fingerprint density at radius 3 is 2.52 bits per heavy atom. The van der Waals surface area contributed by atoms with Crippen molar-refractivity contribution in [1.82, 2.24) is 25.6 Å². The van der Waals surface area contributed by atoms with E-state index in [0.29, 0.717) is 29.1 Å². The van der Waals surface area contributed by atoms with Gasteiger partial charge in [0.15, 0.2) is 5.16 Å². The van der Waals surface area contributed by atoms with Crippen molar-refractivity contribution in [3.05, 3.63) is 60.1 Å². The maximum atomic E-state index is 12.3. The second kappa shape index (κ2) is 10.6. The van der Waals surface area contributed by atoms with Gasteiger partial charge in [0.05, 0.1) is 18.6 Å². The monoisotopic (exact) mass is 468 g/mol. The van der Waals surface area contributed by atoms with Crippen LogP contribution in [0.25, 0.3) is 0 Å². The Bertz CT molecular complexity index is 1060. The number of nitrogens with zero attached hydrogens (tertiary/aromatic N) is 4. The molecule has 0 aliphatic carbocycles. The highest BCUT2D eigenvalue weighted by Gasteiger charge is 2.27. The first-order valence-corrected chi connectivity index (χ1v) is 12.0. The molecule has 0 saturated carbocycles. The quantitative estimate of drug-likeness (QED) is 0.406. The number of benzene rings is 1. The van der Waals surface area contributed by atoms with Gasteiger partial charge in [-0.3, -0.25) is 25.0 Å². The summed E-state index contributed by atoms with van der Waals surface area (Å²) < 4.78 is 7.54. The van der Waals surface area contributed by atoms with Gasteiger partial charge < -0.3 is 9.32 Å². The molecule has 0 spiro atoms. The van der Waals surface area contributed by atoms with Gasteiger partial charge in [0.25, 0.3) is 5.91 Å². The Hall–Kier alpha value is -3.27. The average molecular weight is 469 g/mol. The number of anilines is 1. The number of aromatic nitrogens is 3. The number of hydrogen-bond acceptors (Lipinski definition) is 7. The fourth-order valence-corrected chi connectivity index (χ4v) is 4.83. The van der Waals surface area contributed by atoms with Crippen LogP contribution in [0.4, 0.5) is 5.95 Å². The van der Waals surface area contributed by atoms with E-state index in [9.17, 15) is 9.59 Å². The van der Waals surface area contributed by atoms with Gasteiger partial charge in [0.1, 0.15) is 5.76 Å². The molecule has 0 radical (unpaired) electrons. The van der Waals surface area contributed by atoms with Crippen LogP contribution in [0.5, 0.6) is 0 Å². The third-order valence-electron chi connectivity index (χ3n) is 5.43. The topological polar surface area (TPSA) is 105 Å². The Labute approximate surface area is 196 Å². The molecule has 3 heterocycles. The largest absolute Gasteiger partial charge is 0.467 e. The van der Waals surface area contributed by atoms with Crippen molar-refractivity contribution in [2.45, 2.75) is 32.0 Å². The van der Waals surface area contributed by atoms with Crippen LogP contribution in [0.15, 0.2) is 58.3 Å².